The first-order valence-corrected chi connectivity index (χ1v) is 16.4. The van der Waals surface area contributed by atoms with Gasteiger partial charge in [0.15, 0.2) is 0 Å². The number of carbonyl (C=O) groups is 1. The van der Waals surface area contributed by atoms with Gasteiger partial charge in [-0.1, -0.05) is 39.8 Å². The molecule has 1 aromatic rings. The smallest absolute Gasteiger partial charge is 0.337 e. The van der Waals surface area contributed by atoms with Crippen LogP contribution in [0.4, 0.5) is 0 Å². The number of benzene rings is 1. The zero-order chi connectivity index (χ0) is 28.5. The SMILES string of the molecule is COC(=O)c1ccc([C@@H]2CC[C@]3(C)[C@H]4CC[C@@H]5[C@H]6[C@H](C(C)C)CC[C@]6(N)CC[C@@]5(N)[C@]4(C)CC[C@]34NC24C)cc1. The average molecular weight is 548 g/mol. The van der Waals surface area contributed by atoms with Crippen molar-refractivity contribution in [1.82, 2.24) is 5.32 Å². The van der Waals surface area contributed by atoms with E-state index in [-0.39, 0.29) is 39.0 Å². The van der Waals surface area contributed by atoms with E-state index in [1.165, 1.54) is 64.0 Å². The fraction of sp³-hybridized carbons (Fsp3) is 0.800. The lowest BCUT2D eigenvalue weighted by Gasteiger charge is -2.71. The van der Waals surface area contributed by atoms with Crippen molar-refractivity contribution in [2.75, 3.05) is 7.11 Å². The van der Waals surface area contributed by atoms with Gasteiger partial charge in [-0.25, -0.2) is 4.79 Å². The molecule has 5 N–H and O–H groups in total. The first kappa shape index (κ1) is 27.4. The van der Waals surface area contributed by atoms with Gasteiger partial charge >= 0.3 is 5.97 Å². The second-order valence-corrected chi connectivity index (χ2v) is 16.3. The van der Waals surface area contributed by atoms with Crippen LogP contribution in [-0.4, -0.2) is 35.2 Å². The van der Waals surface area contributed by atoms with Gasteiger partial charge in [0, 0.05) is 28.1 Å². The average Bonchev–Trinajstić information content (AvgIpc) is 3.41. The summed E-state index contributed by atoms with van der Waals surface area (Å²) in [6.07, 6.45) is 12.1. The molecule has 5 heteroatoms. The molecule has 0 aromatic heterocycles. The minimum atomic E-state index is -0.264. The third kappa shape index (κ3) is 3.08. The lowest BCUT2D eigenvalue weighted by Crippen LogP contribution is -2.75. The molecule has 1 spiro atoms. The Bertz CT molecular complexity index is 1220. The van der Waals surface area contributed by atoms with Gasteiger partial charge in [-0.3, -0.25) is 0 Å². The number of rotatable bonds is 3. The van der Waals surface area contributed by atoms with Crippen LogP contribution in [0.5, 0.6) is 0 Å². The van der Waals surface area contributed by atoms with Crippen molar-refractivity contribution in [3.8, 4) is 0 Å². The van der Waals surface area contributed by atoms with Crippen molar-refractivity contribution in [1.29, 1.82) is 0 Å². The van der Waals surface area contributed by atoms with Gasteiger partial charge in [0.1, 0.15) is 0 Å². The Morgan fingerprint density at radius 2 is 1.62 bits per heavy atom. The maximum atomic E-state index is 12.0. The number of nitrogens with two attached hydrogens (primary N) is 2. The van der Waals surface area contributed by atoms with E-state index < -0.39 is 0 Å². The van der Waals surface area contributed by atoms with E-state index in [0.717, 1.165) is 18.8 Å². The van der Waals surface area contributed by atoms with E-state index in [0.29, 0.717) is 35.2 Å². The van der Waals surface area contributed by atoms with Gasteiger partial charge in [-0.05, 0) is 129 Å². The molecule has 7 rings (SSSR count). The van der Waals surface area contributed by atoms with Crippen molar-refractivity contribution in [2.45, 2.75) is 127 Å². The van der Waals surface area contributed by atoms with E-state index in [2.05, 4.69) is 52.1 Å². The van der Waals surface area contributed by atoms with Crippen LogP contribution in [0.15, 0.2) is 24.3 Å². The highest BCUT2D eigenvalue weighted by Crippen LogP contribution is 2.77. The molecule has 1 aromatic carbocycles. The highest BCUT2D eigenvalue weighted by Gasteiger charge is 2.82. The van der Waals surface area contributed by atoms with Gasteiger partial charge in [0.2, 0.25) is 0 Å². The zero-order valence-electron chi connectivity index (χ0n) is 25.8. The predicted molar refractivity (Wildman–Crippen MR) is 160 cm³/mol. The maximum Gasteiger partial charge on any atom is 0.337 e. The molecule has 5 aliphatic carbocycles. The number of hydrogen-bond acceptors (Lipinski definition) is 5. The maximum absolute atomic E-state index is 12.0. The lowest BCUT2D eigenvalue weighted by atomic mass is 9.35. The first-order chi connectivity index (χ1) is 18.8. The van der Waals surface area contributed by atoms with Gasteiger partial charge < -0.3 is 21.5 Å². The number of nitrogens with one attached hydrogen (secondary N) is 1. The van der Waals surface area contributed by atoms with E-state index in [1.54, 1.807) is 0 Å². The normalized spacial score (nSPS) is 52.6. The van der Waals surface area contributed by atoms with E-state index in [9.17, 15) is 4.79 Å². The van der Waals surface area contributed by atoms with Crippen LogP contribution in [0.3, 0.4) is 0 Å². The first-order valence-electron chi connectivity index (χ1n) is 16.4. The fourth-order valence-corrected chi connectivity index (χ4v) is 12.9. The van der Waals surface area contributed by atoms with Gasteiger partial charge in [-0.2, -0.15) is 0 Å². The Hall–Kier alpha value is -1.43. The Labute approximate surface area is 241 Å². The summed E-state index contributed by atoms with van der Waals surface area (Å²) in [6, 6.07) is 8.22. The molecular weight excluding hydrogens is 494 g/mol. The number of carbonyl (C=O) groups excluding carboxylic acids is 1. The topological polar surface area (TPSA) is 100 Å². The summed E-state index contributed by atoms with van der Waals surface area (Å²) < 4.78 is 4.94. The molecule has 6 aliphatic rings. The molecule has 11 atom stereocenters. The molecule has 0 bridgehead atoms. The Morgan fingerprint density at radius 3 is 2.30 bits per heavy atom. The summed E-state index contributed by atoms with van der Waals surface area (Å²) >= 11 is 0. The molecule has 1 saturated heterocycles. The van der Waals surface area contributed by atoms with Crippen molar-refractivity contribution in [3.63, 3.8) is 0 Å². The summed E-state index contributed by atoms with van der Waals surface area (Å²) in [7, 11) is 1.45. The molecular formula is C35H53N3O2. The monoisotopic (exact) mass is 547 g/mol. The third-order valence-corrected chi connectivity index (χ3v) is 15.1. The van der Waals surface area contributed by atoms with Crippen molar-refractivity contribution in [3.05, 3.63) is 35.4 Å². The van der Waals surface area contributed by atoms with E-state index >= 15 is 0 Å². The van der Waals surface area contributed by atoms with Crippen LogP contribution in [0.2, 0.25) is 0 Å². The summed E-state index contributed by atoms with van der Waals surface area (Å²) in [5, 5.41) is 4.21. The van der Waals surface area contributed by atoms with Crippen LogP contribution < -0.4 is 16.8 Å². The number of fused-ring (bicyclic) bond motifs is 6. The molecule has 1 aliphatic heterocycles. The molecule has 40 heavy (non-hydrogen) atoms. The fourth-order valence-electron chi connectivity index (χ4n) is 12.9. The molecule has 6 fully saturated rings. The largest absolute Gasteiger partial charge is 0.465 e. The molecule has 5 saturated carbocycles. The van der Waals surface area contributed by atoms with Crippen LogP contribution in [-0.2, 0) is 4.74 Å². The van der Waals surface area contributed by atoms with Gasteiger partial charge in [-0.15, -0.1) is 0 Å². The number of hydrogen-bond donors (Lipinski definition) is 3. The second-order valence-electron chi connectivity index (χ2n) is 16.3. The minimum Gasteiger partial charge on any atom is -0.465 e. The van der Waals surface area contributed by atoms with E-state index in [1.807, 2.05) is 12.1 Å². The van der Waals surface area contributed by atoms with Crippen LogP contribution >= 0.6 is 0 Å². The van der Waals surface area contributed by atoms with Crippen molar-refractivity contribution in [2.24, 2.45) is 51.9 Å². The van der Waals surface area contributed by atoms with Crippen LogP contribution in [0.1, 0.15) is 121 Å². The standard InChI is InChI=1S/C35H53N3O2/c1-21(2)24-13-16-33(36)18-19-34(37)26(28(24)33)11-12-27-30(34,3)17-20-35-31(27,4)15-14-25(32(35,5)38-35)22-7-9-23(10-8-22)29(39)40-6/h7-10,21,24-28,38H,11-20,36-37H2,1-6H3/t24-,25-,26+,27-,28+,30+,31+,32?,33-,34-,35-/m0/s1. The molecule has 1 heterocycles. The molecule has 0 amide bonds. The van der Waals surface area contributed by atoms with Crippen molar-refractivity contribution < 1.29 is 9.53 Å². The number of ether oxygens (including phenoxy) is 1. The molecule has 220 valence electrons. The third-order valence-electron chi connectivity index (χ3n) is 15.1. The van der Waals surface area contributed by atoms with Crippen LogP contribution in [0.25, 0.3) is 0 Å². The molecule has 0 radical (unpaired) electrons. The summed E-state index contributed by atoms with van der Waals surface area (Å²) in [6.45, 7) is 12.6. The van der Waals surface area contributed by atoms with Crippen LogP contribution in [0, 0.1) is 40.4 Å². The van der Waals surface area contributed by atoms with E-state index in [4.69, 9.17) is 16.2 Å². The Morgan fingerprint density at radius 1 is 0.900 bits per heavy atom. The molecule has 1 unspecified atom stereocenters. The molecule has 5 nitrogen and oxygen atoms in total. The summed E-state index contributed by atoms with van der Waals surface area (Å²) in [5.74, 6) is 3.37. The number of methoxy groups -OCH3 is 1. The second kappa shape index (κ2) is 8.35. The number of esters is 1. The Kier molecular flexibility index (Phi) is 5.72. The van der Waals surface area contributed by atoms with Crippen molar-refractivity contribution >= 4 is 5.97 Å². The van der Waals surface area contributed by atoms with Gasteiger partial charge in [0.25, 0.3) is 0 Å². The van der Waals surface area contributed by atoms with Gasteiger partial charge in [0.05, 0.1) is 12.7 Å². The predicted octanol–water partition coefficient (Wildman–Crippen LogP) is 6.15. The summed E-state index contributed by atoms with van der Waals surface area (Å²) in [4.78, 5) is 12.0. The highest BCUT2D eigenvalue weighted by atomic mass is 16.5. The highest BCUT2D eigenvalue weighted by molar-refractivity contribution is 5.89. The lowest BCUT2D eigenvalue weighted by molar-refractivity contribution is -0.176. The summed E-state index contributed by atoms with van der Waals surface area (Å²) in [5.41, 5.74) is 17.6. The minimum absolute atomic E-state index is 0.00353. The zero-order valence-corrected chi connectivity index (χ0v) is 25.8. The quantitative estimate of drug-likeness (QED) is 0.311. The Balaban J connectivity index is 1.20.